The number of aryl methyl sites for hydroxylation is 2. The van der Waals surface area contributed by atoms with Gasteiger partial charge in [-0.3, -0.25) is 9.59 Å². The molecule has 0 radical (unpaired) electrons. The number of pyridine rings is 1. The third-order valence-electron chi connectivity index (χ3n) is 5.46. The van der Waals surface area contributed by atoms with Gasteiger partial charge in [-0.05, 0) is 31.9 Å². The molecule has 4 heterocycles. The van der Waals surface area contributed by atoms with E-state index in [9.17, 15) is 9.59 Å². The number of anilines is 2. The summed E-state index contributed by atoms with van der Waals surface area (Å²) in [6, 6.07) is 5.34. The highest BCUT2D eigenvalue weighted by atomic mass is 16.2. The van der Waals surface area contributed by atoms with Gasteiger partial charge in [0.15, 0.2) is 0 Å². The SMILES string of the molecule is Cc1cc(N2CCN(C(=O)c3cccn(C)c3=O)CC2)nc(N2CCCC2)n1. The van der Waals surface area contributed by atoms with Crippen LogP contribution in [0, 0.1) is 6.92 Å². The van der Waals surface area contributed by atoms with Crippen molar-refractivity contribution in [3.8, 4) is 0 Å². The Morgan fingerprint density at radius 3 is 2.43 bits per heavy atom. The maximum absolute atomic E-state index is 12.8. The van der Waals surface area contributed by atoms with E-state index in [0.717, 1.165) is 30.5 Å². The fourth-order valence-corrected chi connectivity index (χ4v) is 3.83. The average Bonchev–Trinajstić information content (AvgIpc) is 3.24. The number of carbonyl (C=O) groups is 1. The molecule has 2 fully saturated rings. The molecule has 8 heteroatoms. The minimum absolute atomic E-state index is 0.197. The number of nitrogens with zero attached hydrogens (tertiary/aromatic N) is 6. The summed E-state index contributed by atoms with van der Waals surface area (Å²) in [5, 5.41) is 0. The van der Waals surface area contributed by atoms with Crippen LogP contribution in [0.1, 0.15) is 28.9 Å². The van der Waals surface area contributed by atoms with Crippen molar-refractivity contribution in [2.75, 3.05) is 49.1 Å². The molecule has 2 aliphatic rings. The van der Waals surface area contributed by atoms with Gasteiger partial charge in [0, 0.05) is 64.3 Å². The minimum Gasteiger partial charge on any atom is -0.353 e. The largest absolute Gasteiger partial charge is 0.353 e. The predicted molar refractivity (Wildman–Crippen MR) is 108 cm³/mol. The molecule has 0 aliphatic carbocycles. The Labute approximate surface area is 164 Å². The summed E-state index contributed by atoms with van der Waals surface area (Å²) in [5.41, 5.74) is 0.933. The summed E-state index contributed by atoms with van der Waals surface area (Å²) in [5.74, 6) is 1.52. The number of piperazine rings is 1. The molecule has 8 nitrogen and oxygen atoms in total. The standard InChI is InChI=1S/C20H26N6O2/c1-15-14-17(22-20(21-15)26-8-3-4-9-26)24-10-12-25(13-11-24)19(28)16-6-5-7-23(2)18(16)27/h5-7,14H,3-4,8-13H2,1-2H3. The van der Waals surface area contributed by atoms with E-state index in [0.29, 0.717) is 26.2 Å². The van der Waals surface area contributed by atoms with E-state index in [1.807, 2.05) is 13.0 Å². The maximum Gasteiger partial charge on any atom is 0.263 e. The highest BCUT2D eigenvalue weighted by Gasteiger charge is 2.25. The van der Waals surface area contributed by atoms with Crippen LogP contribution in [0.2, 0.25) is 0 Å². The summed E-state index contributed by atoms with van der Waals surface area (Å²) in [6.07, 6.45) is 4.03. The Morgan fingerprint density at radius 1 is 1.00 bits per heavy atom. The number of hydrogen-bond donors (Lipinski definition) is 0. The van der Waals surface area contributed by atoms with E-state index in [-0.39, 0.29) is 17.0 Å². The van der Waals surface area contributed by atoms with Gasteiger partial charge in [0.25, 0.3) is 11.5 Å². The summed E-state index contributed by atoms with van der Waals surface area (Å²) >= 11 is 0. The van der Waals surface area contributed by atoms with Crippen molar-refractivity contribution in [1.82, 2.24) is 19.4 Å². The van der Waals surface area contributed by atoms with Crippen molar-refractivity contribution in [1.29, 1.82) is 0 Å². The molecule has 28 heavy (non-hydrogen) atoms. The summed E-state index contributed by atoms with van der Waals surface area (Å²) in [7, 11) is 1.66. The number of rotatable bonds is 3. The van der Waals surface area contributed by atoms with E-state index < -0.39 is 0 Å². The van der Waals surface area contributed by atoms with Crippen molar-refractivity contribution in [3.05, 3.63) is 46.0 Å². The lowest BCUT2D eigenvalue weighted by molar-refractivity contribution is 0.0744. The zero-order valence-electron chi connectivity index (χ0n) is 16.5. The Kier molecular flexibility index (Phi) is 5.02. The van der Waals surface area contributed by atoms with Gasteiger partial charge in [-0.25, -0.2) is 4.98 Å². The highest BCUT2D eigenvalue weighted by molar-refractivity contribution is 5.94. The Bertz CT molecular complexity index is 927. The van der Waals surface area contributed by atoms with Gasteiger partial charge in [-0.15, -0.1) is 0 Å². The van der Waals surface area contributed by atoms with Gasteiger partial charge in [0.2, 0.25) is 5.95 Å². The first-order valence-corrected chi connectivity index (χ1v) is 9.83. The third kappa shape index (κ3) is 3.58. The molecule has 2 saturated heterocycles. The molecular formula is C20H26N6O2. The van der Waals surface area contributed by atoms with Crippen LogP contribution < -0.4 is 15.4 Å². The average molecular weight is 382 g/mol. The molecule has 0 bridgehead atoms. The third-order valence-corrected chi connectivity index (χ3v) is 5.46. The molecule has 2 aromatic heterocycles. The second-order valence-electron chi connectivity index (χ2n) is 7.48. The van der Waals surface area contributed by atoms with Crippen LogP contribution in [-0.4, -0.2) is 64.6 Å². The highest BCUT2D eigenvalue weighted by Crippen LogP contribution is 2.22. The van der Waals surface area contributed by atoms with Gasteiger partial charge >= 0.3 is 0 Å². The van der Waals surface area contributed by atoms with Gasteiger partial charge < -0.3 is 19.3 Å². The second-order valence-corrected chi connectivity index (χ2v) is 7.48. The number of hydrogen-bond acceptors (Lipinski definition) is 6. The van der Waals surface area contributed by atoms with Crippen molar-refractivity contribution in [2.45, 2.75) is 19.8 Å². The monoisotopic (exact) mass is 382 g/mol. The fraction of sp³-hybridized carbons (Fsp3) is 0.500. The van der Waals surface area contributed by atoms with E-state index in [1.165, 1.54) is 17.4 Å². The van der Waals surface area contributed by atoms with Crippen LogP contribution in [0.5, 0.6) is 0 Å². The van der Waals surface area contributed by atoms with E-state index >= 15 is 0 Å². The fourth-order valence-electron chi connectivity index (χ4n) is 3.83. The molecule has 2 aromatic rings. The zero-order chi connectivity index (χ0) is 19.7. The molecule has 4 rings (SSSR count). The smallest absolute Gasteiger partial charge is 0.263 e. The van der Waals surface area contributed by atoms with Gasteiger partial charge in [-0.2, -0.15) is 4.98 Å². The molecule has 0 saturated carbocycles. The molecule has 0 unspecified atom stereocenters. The van der Waals surface area contributed by atoms with Gasteiger partial charge in [0.1, 0.15) is 11.4 Å². The quantitative estimate of drug-likeness (QED) is 0.790. The first-order valence-electron chi connectivity index (χ1n) is 9.83. The lowest BCUT2D eigenvalue weighted by atomic mass is 10.2. The summed E-state index contributed by atoms with van der Waals surface area (Å²) in [6.45, 7) is 6.53. The Morgan fingerprint density at radius 2 is 1.71 bits per heavy atom. The Hall–Kier alpha value is -2.90. The van der Waals surface area contributed by atoms with E-state index in [2.05, 4.69) is 14.8 Å². The van der Waals surface area contributed by atoms with Gasteiger partial charge in [-0.1, -0.05) is 0 Å². The summed E-state index contributed by atoms with van der Waals surface area (Å²) < 4.78 is 1.44. The lowest BCUT2D eigenvalue weighted by Gasteiger charge is -2.35. The van der Waals surface area contributed by atoms with Crippen molar-refractivity contribution < 1.29 is 4.79 Å². The molecule has 148 valence electrons. The van der Waals surface area contributed by atoms with Crippen molar-refractivity contribution in [3.63, 3.8) is 0 Å². The Balaban J connectivity index is 1.46. The summed E-state index contributed by atoms with van der Waals surface area (Å²) in [4.78, 5) is 40.5. The second kappa shape index (κ2) is 7.61. The normalized spacial score (nSPS) is 17.3. The van der Waals surface area contributed by atoms with Gasteiger partial charge in [0.05, 0.1) is 0 Å². The zero-order valence-corrected chi connectivity index (χ0v) is 16.5. The lowest BCUT2D eigenvalue weighted by Crippen LogP contribution is -2.50. The van der Waals surface area contributed by atoms with Crippen molar-refractivity contribution in [2.24, 2.45) is 7.05 Å². The topological polar surface area (TPSA) is 74.6 Å². The first-order chi connectivity index (χ1) is 13.5. The number of amides is 1. The molecule has 0 spiro atoms. The van der Waals surface area contributed by atoms with Crippen molar-refractivity contribution >= 4 is 17.7 Å². The molecule has 0 atom stereocenters. The van der Waals surface area contributed by atoms with Crippen LogP contribution >= 0.6 is 0 Å². The molecule has 2 aliphatic heterocycles. The molecule has 1 amide bonds. The molecule has 0 N–H and O–H groups in total. The van der Waals surface area contributed by atoms with Crippen LogP contribution in [0.25, 0.3) is 0 Å². The number of aromatic nitrogens is 3. The number of carbonyl (C=O) groups excluding carboxylic acids is 1. The minimum atomic E-state index is -0.253. The molecular weight excluding hydrogens is 356 g/mol. The van der Waals surface area contributed by atoms with E-state index in [1.54, 1.807) is 30.3 Å². The van der Waals surface area contributed by atoms with Crippen LogP contribution in [0.4, 0.5) is 11.8 Å². The first kappa shape index (κ1) is 18.5. The molecule has 0 aromatic carbocycles. The van der Waals surface area contributed by atoms with Crippen LogP contribution in [0.3, 0.4) is 0 Å². The maximum atomic E-state index is 12.8. The predicted octanol–water partition coefficient (Wildman–Crippen LogP) is 1.05. The van der Waals surface area contributed by atoms with Crippen LogP contribution in [-0.2, 0) is 7.05 Å². The van der Waals surface area contributed by atoms with E-state index in [4.69, 9.17) is 4.98 Å². The van der Waals surface area contributed by atoms with Crippen LogP contribution in [0.15, 0.2) is 29.2 Å².